The third-order valence-electron chi connectivity index (χ3n) is 3.11. The third kappa shape index (κ3) is 4.58. The van der Waals surface area contributed by atoms with E-state index in [1.807, 2.05) is 4.90 Å². The molecule has 0 aliphatic carbocycles. The lowest BCUT2D eigenvalue weighted by Gasteiger charge is -2.26. The SMILES string of the molecule is CCCCN(CCCC)c1cc(C(F)(F)F)ncc1N. The van der Waals surface area contributed by atoms with Crippen LogP contribution in [0, 0.1) is 0 Å². The zero-order chi connectivity index (χ0) is 15.2. The van der Waals surface area contributed by atoms with E-state index in [0.29, 0.717) is 24.5 Å². The summed E-state index contributed by atoms with van der Waals surface area (Å²) in [7, 11) is 0. The fourth-order valence-electron chi connectivity index (χ4n) is 1.93. The van der Waals surface area contributed by atoms with E-state index in [1.165, 1.54) is 0 Å². The minimum atomic E-state index is -4.44. The first-order valence-electron chi connectivity index (χ1n) is 6.97. The molecule has 0 radical (unpaired) electrons. The van der Waals surface area contributed by atoms with Gasteiger partial charge in [0.05, 0.1) is 17.6 Å². The van der Waals surface area contributed by atoms with Crippen LogP contribution in [-0.4, -0.2) is 18.1 Å². The number of unbranched alkanes of at least 4 members (excludes halogenated alkanes) is 2. The normalized spacial score (nSPS) is 11.7. The molecule has 0 fully saturated rings. The van der Waals surface area contributed by atoms with Crippen LogP contribution in [0.5, 0.6) is 0 Å². The van der Waals surface area contributed by atoms with Gasteiger partial charge in [-0.1, -0.05) is 26.7 Å². The zero-order valence-electron chi connectivity index (χ0n) is 12.0. The molecule has 0 amide bonds. The van der Waals surface area contributed by atoms with Gasteiger partial charge in [-0.05, 0) is 18.9 Å². The van der Waals surface area contributed by atoms with Crippen LogP contribution in [0.15, 0.2) is 12.3 Å². The zero-order valence-corrected chi connectivity index (χ0v) is 12.0. The molecule has 114 valence electrons. The first-order valence-corrected chi connectivity index (χ1v) is 6.97. The Morgan fingerprint density at radius 3 is 2.15 bits per heavy atom. The van der Waals surface area contributed by atoms with Crippen LogP contribution in [0.1, 0.15) is 45.2 Å². The Kier molecular flexibility index (Phi) is 6.10. The van der Waals surface area contributed by atoms with Gasteiger partial charge in [0, 0.05) is 13.1 Å². The Balaban J connectivity index is 3.03. The van der Waals surface area contributed by atoms with Gasteiger partial charge in [0.15, 0.2) is 0 Å². The van der Waals surface area contributed by atoms with Crippen molar-refractivity contribution in [1.82, 2.24) is 4.98 Å². The Morgan fingerprint density at radius 1 is 1.15 bits per heavy atom. The molecule has 0 aliphatic heterocycles. The van der Waals surface area contributed by atoms with Crippen LogP contribution in [0.25, 0.3) is 0 Å². The Bertz CT molecular complexity index is 411. The molecule has 0 atom stereocenters. The average molecular weight is 289 g/mol. The molecule has 1 heterocycles. The maximum Gasteiger partial charge on any atom is 0.433 e. The number of alkyl halides is 3. The fourth-order valence-corrected chi connectivity index (χ4v) is 1.93. The molecule has 1 rings (SSSR count). The van der Waals surface area contributed by atoms with E-state index >= 15 is 0 Å². The van der Waals surface area contributed by atoms with Crippen LogP contribution in [0.3, 0.4) is 0 Å². The van der Waals surface area contributed by atoms with E-state index in [4.69, 9.17) is 5.73 Å². The van der Waals surface area contributed by atoms with Crippen LogP contribution in [-0.2, 0) is 6.18 Å². The predicted octanol–water partition coefficient (Wildman–Crippen LogP) is 4.09. The van der Waals surface area contributed by atoms with Gasteiger partial charge in [-0.2, -0.15) is 13.2 Å². The predicted molar refractivity (Wildman–Crippen MR) is 75.7 cm³/mol. The molecule has 6 heteroatoms. The van der Waals surface area contributed by atoms with Gasteiger partial charge in [0.2, 0.25) is 0 Å². The van der Waals surface area contributed by atoms with Crippen LogP contribution in [0.2, 0.25) is 0 Å². The van der Waals surface area contributed by atoms with Gasteiger partial charge >= 0.3 is 6.18 Å². The standard InChI is InChI=1S/C14H22F3N3/c1-3-5-7-20(8-6-4-2)12-9-13(14(15,16)17)19-10-11(12)18/h9-10H,3-8,18H2,1-2H3. The number of anilines is 2. The van der Waals surface area contributed by atoms with E-state index in [-0.39, 0.29) is 0 Å². The molecule has 0 aliphatic rings. The van der Waals surface area contributed by atoms with E-state index in [0.717, 1.165) is 37.9 Å². The van der Waals surface area contributed by atoms with Crippen LogP contribution >= 0.6 is 0 Å². The number of nitrogens with two attached hydrogens (primary N) is 1. The van der Waals surface area contributed by atoms with E-state index in [1.54, 1.807) is 0 Å². The minimum absolute atomic E-state index is 0.296. The summed E-state index contributed by atoms with van der Waals surface area (Å²) in [5.74, 6) is 0. The van der Waals surface area contributed by atoms with Gasteiger partial charge < -0.3 is 10.6 Å². The summed E-state index contributed by atoms with van der Waals surface area (Å²) in [5, 5.41) is 0. The number of hydrogen-bond acceptors (Lipinski definition) is 3. The highest BCUT2D eigenvalue weighted by Gasteiger charge is 2.33. The third-order valence-corrected chi connectivity index (χ3v) is 3.11. The number of hydrogen-bond donors (Lipinski definition) is 1. The van der Waals surface area contributed by atoms with Gasteiger partial charge in [-0.15, -0.1) is 0 Å². The topological polar surface area (TPSA) is 42.2 Å². The van der Waals surface area contributed by atoms with Gasteiger partial charge in [0.25, 0.3) is 0 Å². The largest absolute Gasteiger partial charge is 0.433 e. The lowest BCUT2D eigenvalue weighted by molar-refractivity contribution is -0.141. The summed E-state index contributed by atoms with van der Waals surface area (Å²) < 4.78 is 38.2. The number of aromatic nitrogens is 1. The Hall–Kier alpha value is -1.46. The maximum atomic E-state index is 12.7. The molecular weight excluding hydrogens is 267 g/mol. The monoisotopic (exact) mass is 289 g/mol. The lowest BCUT2D eigenvalue weighted by Crippen LogP contribution is -2.27. The lowest BCUT2D eigenvalue weighted by atomic mass is 10.2. The quantitative estimate of drug-likeness (QED) is 0.822. The molecule has 3 nitrogen and oxygen atoms in total. The van der Waals surface area contributed by atoms with Crippen molar-refractivity contribution in [2.75, 3.05) is 23.7 Å². The van der Waals surface area contributed by atoms with Crippen molar-refractivity contribution in [3.8, 4) is 0 Å². The van der Waals surface area contributed by atoms with Gasteiger partial charge in [-0.25, -0.2) is 4.98 Å². The highest BCUT2D eigenvalue weighted by Crippen LogP contribution is 2.32. The van der Waals surface area contributed by atoms with Crippen molar-refractivity contribution in [3.63, 3.8) is 0 Å². The van der Waals surface area contributed by atoms with Crippen molar-refractivity contribution in [2.24, 2.45) is 0 Å². The maximum absolute atomic E-state index is 12.7. The smallest absolute Gasteiger partial charge is 0.396 e. The second-order valence-electron chi connectivity index (χ2n) is 4.82. The van der Waals surface area contributed by atoms with Crippen molar-refractivity contribution >= 4 is 11.4 Å². The molecule has 1 aromatic rings. The molecule has 1 aromatic heterocycles. The number of nitrogen functional groups attached to an aromatic ring is 1. The highest BCUT2D eigenvalue weighted by atomic mass is 19.4. The highest BCUT2D eigenvalue weighted by molar-refractivity contribution is 5.67. The average Bonchev–Trinajstić information content (AvgIpc) is 2.39. The van der Waals surface area contributed by atoms with Gasteiger partial charge in [-0.3, -0.25) is 0 Å². The summed E-state index contributed by atoms with van der Waals surface area (Å²) in [5.41, 5.74) is 5.65. The molecule has 20 heavy (non-hydrogen) atoms. The molecule has 0 saturated carbocycles. The van der Waals surface area contributed by atoms with Crippen molar-refractivity contribution in [1.29, 1.82) is 0 Å². The van der Waals surface area contributed by atoms with Gasteiger partial charge in [0.1, 0.15) is 5.69 Å². The molecule has 0 unspecified atom stereocenters. The second kappa shape index (κ2) is 7.36. The Morgan fingerprint density at radius 2 is 1.70 bits per heavy atom. The van der Waals surface area contributed by atoms with E-state index in [9.17, 15) is 13.2 Å². The molecule has 2 N–H and O–H groups in total. The molecule has 0 bridgehead atoms. The van der Waals surface area contributed by atoms with E-state index < -0.39 is 11.9 Å². The van der Waals surface area contributed by atoms with E-state index in [2.05, 4.69) is 18.8 Å². The van der Waals surface area contributed by atoms with Crippen LogP contribution in [0.4, 0.5) is 24.5 Å². The summed E-state index contributed by atoms with van der Waals surface area (Å²) in [6.45, 7) is 5.52. The summed E-state index contributed by atoms with van der Waals surface area (Å²) >= 11 is 0. The molecular formula is C14H22F3N3. The number of rotatable bonds is 7. The number of halogens is 3. The summed E-state index contributed by atoms with van der Waals surface area (Å²) in [6.07, 6.45) is 0.478. The van der Waals surface area contributed by atoms with Crippen LogP contribution < -0.4 is 10.6 Å². The first kappa shape index (κ1) is 16.6. The number of nitrogens with zero attached hydrogens (tertiary/aromatic N) is 2. The van der Waals surface area contributed by atoms with Crippen molar-refractivity contribution < 1.29 is 13.2 Å². The summed E-state index contributed by atoms with van der Waals surface area (Å²) in [4.78, 5) is 5.31. The minimum Gasteiger partial charge on any atom is -0.396 e. The van der Waals surface area contributed by atoms with Crippen molar-refractivity contribution in [2.45, 2.75) is 45.7 Å². The number of pyridine rings is 1. The molecule has 0 saturated heterocycles. The summed E-state index contributed by atoms with van der Waals surface area (Å²) in [6, 6.07) is 1.06. The molecule has 0 aromatic carbocycles. The Labute approximate surface area is 118 Å². The first-order chi connectivity index (χ1) is 9.40. The second-order valence-corrected chi connectivity index (χ2v) is 4.82. The fraction of sp³-hybridized carbons (Fsp3) is 0.643. The van der Waals surface area contributed by atoms with Crippen molar-refractivity contribution in [3.05, 3.63) is 18.0 Å². The molecule has 0 spiro atoms.